The van der Waals surface area contributed by atoms with Crippen molar-refractivity contribution in [3.8, 4) is 0 Å². The van der Waals surface area contributed by atoms with E-state index >= 15 is 0 Å². The third kappa shape index (κ3) is 6.28. The first-order valence-corrected chi connectivity index (χ1v) is 6.65. The van der Waals surface area contributed by atoms with Crippen LogP contribution < -0.4 is 16.6 Å². The van der Waals surface area contributed by atoms with E-state index in [1.165, 1.54) is 6.33 Å². The maximum Gasteiger partial charge on any atom is 0.258 e. The summed E-state index contributed by atoms with van der Waals surface area (Å²) in [6, 6.07) is 13.8. The predicted molar refractivity (Wildman–Crippen MR) is 88.9 cm³/mol. The van der Waals surface area contributed by atoms with Crippen LogP contribution in [0.25, 0.3) is 10.9 Å². The summed E-state index contributed by atoms with van der Waals surface area (Å²) in [7, 11) is 0. The van der Waals surface area contributed by atoms with Gasteiger partial charge in [-0.25, -0.2) is 4.98 Å². The van der Waals surface area contributed by atoms with Crippen molar-refractivity contribution in [3.05, 3.63) is 70.8 Å². The number of H-pyrrole nitrogens is 1. The van der Waals surface area contributed by atoms with Crippen molar-refractivity contribution in [1.29, 1.82) is 0 Å². The quantitative estimate of drug-likeness (QED) is 0.593. The Morgan fingerprint density at radius 1 is 1.12 bits per heavy atom. The van der Waals surface area contributed by atoms with Gasteiger partial charge in [0.15, 0.2) is 0 Å². The van der Waals surface area contributed by atoms with E-state index in [0.717, 1.165) is 5.52 Å². The van der Waals surface area contributed by atoms with E-state index in [4.69, 9.17) is 5.73 Å². The second-order valence-corrected chi connectivity index (χ2v) is 4.42. The maximum atomic E-state index is 11.1. The predicted octanol–water partition coefficient (Wildman–Crippen LogP) is 1.10. The minimum atomic E-state index is -0.556. The summed E-state index contributed by atoms with van der Waals surface area (Å²) in [6.45, 7) is 0. The largest absolute Gasteiger partial charge is 0.870 e. The molecule has 2 aromatic carbocycles. The van der Waals surface area contributed by atoms with Gasteiger partial charge in [0, 0.05) is 37.7 Å². The summed E-state index contributed by atoms with van der Waals surface area (Å²) in [4.78, 5) is 38.4. The number of aromatic amines is 1. The zero-order chi connectivity index (χ0) is 16.7. The number of nitrogens with two attached hydrogens (primary N) is 1. The monoisotopic (exact) mass is 367 g/mol. The van der Waals surface area contributed by atoms with Crippen LogP contribution in [0.15, 0.2) is 59.7 Å². The first kappa shape index (κ1) is 22.7. The van der Waals surface area contributed by atoms with E-state index in [9.17, 15) is 14.4 Å². The van der Waals surface area contributed by atoms with Gasteiger partial charge in [-0.15, -0.1) is 0 Å². The van der Waals surface area contributed by atoms with Crippen LogP contribution in [-0.4, -0.2) is 27.8 Å². The van der Waals surface area contributed by atoms with Crippen LogP contribution in [0.2, 0.25) is 0 Å². The van der Waals surface area contributed by atoms with Crippen LogP contribution in [0.3, 0.4) is 0 Å². The number of aromatic nitrogens is 2. The molecule has 0 aliphatic rings. The average Bonchev–Trinajstić information content (AvgIpc) is 2.57. The first-order valence-electron chi connectivity index (χ1n) is 6.65. The molecule has 9 heteroatoms. The Labute approximate surface area is 172 Å². The Morgan fingerprint density at radius 3 is 2.40 bits per heavy atom. The molecule has 5 N–H and O–H groups in total. The Bertz CT molecular complexity index is 893. The second-order valence-electron chi connectivity index (χ2n) is 4.42. The summed E-state index contributed by atoms with van der Waals surface area (Å²) in [5.74, 6) is -0.556. The number of primary amides is 1. The summed E-state index contributed by atoms with van der Waals surface area (Å²) in [6.07, 6.45) is 1.91. The van der Waals surface area contributed by atoms with Crippen molar-refractivity contribution in [2.45, 2.75) is 0 Å². The van der Waals surface area contributed by atoms with E-state index in [2.05, 4.69) is 15.3 Å². The van der Waals surface area contributed by atoms with Gasteiger partial charge in [0.2, 0.25) is 6.41 Å². The number of carbonyl (C=O) groups is 2. The van der Waals surface area contributed by atoms with Gasteiger partial charge in [0.25, 0.3) is 11.5 Å². The van der Waals surface area contributed by atoms with E-state index in [1.807, 2.05) is 18.2 Å². The molecular weight excluding hydrogens is 352 g/mol. The van der Waals surface area contributed by atoms with E-state index in [0.29, 0.717) is 23.0 Å². The van der Waals surface area contributed by atoms with Crippen LogP contribution in [0, 0.1) is 37.7 Å². The number of para-hydroxylation sites is 2. The second kappa shape index (κ2) is 11.3. The van der Waals surface area contributed by atoms with Gasteiger partial charge in [-0.05, 0) is 24.3 Å². The summed E-state index contributed by atoms with van der Waals surface area (Å²) in [5, 5.41) is 3.01. The molecule has 0 radical (unpaired) electrons. The number of carbonyl (C=O) groups excluding carboxylic acids is 2. The maximum absolute atomic E-state index is 11.1. The molecule has 25 heavy (non-hydrogen) atoms. The van der Waals surface area contributed by atoms with Gasteiger partial charge in [0.1, 0.15) is 0 Å². The summed E-state index contributed by atoms with van der Waals surface area (Å²) >= 11 is 0. The molecular formula is C16H15ArN4O4-. The Hall–Kier alpha value is -2.26. The Kier molecular flexibility index (Phi) is 10.3. The van der Waals surface area contributed by atoms with Crippen molar-refractivity contribution in [2.24, 2.45) is 5.73 Å². The molecule has 0 atom stereocenters. The number of fused-ring (bicyclic) bond motifs is 1. The average molecular weight is 367 g/mol. The van der Waals surface area contributed by atoms with Crippen LogP contribution in [0.1, 0.15) is 10.4 Å². The van der Waals surface area contributed by atoms with Crippen molar-refractivity contribution >= 4 is 28.9 Å². The molecule has 0 unspecified atom stereocenters. The number of hydrogen-bond acceptors (Lipinski definition) is 5. The molecule has 3 aromatic rings. The number of nitrogens with zero attached hydrogens (tertiary/aromatic N) is 1. The molecule has 1 heterocycles. The molecule has 0 aliphatic carbocycles. The van der Waals surface area contributed by atoms with E-state index < -0.39 is 5.91 Å². The third-order valence-electron chi connectivity index (χ3n) is 2.95. The molecule has 0 aliphatic heterocycles. The minimum absolute atomic E-state index is 0. The van der Waals surface area contributed by atoms with Crippen LogP contribution in [-0.2, 0) is 4.79 Å². The number of rotatable bonds is 3. The first-order chi connectivity index (χ1) is 11.1. The molecule has 0 spiro atoms. The fraction of sp³-hybridized carbons (Fsp3) is 0. The van der Waals surface area contributed by atoms with E-state index in [-0.39, 0.29) is 48.8 Å². The van der Waals surface area contributed by atoms with Gasteiger partial charge in [-0.2, -0.15) is 0 Å². The summed E-state index contributed by atoms with van der Waals surface area (Å²) in [5.41, 5.74) is 6.44. The standard InChI is InChI=1S/C8H8N2O2.C8H6N2O.Ar.H2O/c9-8(12)6-3-1-2-4-7(6)10-5-11;11-8-6-3-1-2-4-7(6)9-5-10-8;;/h1-5H,(H2,9,12)(H,10,11);1-5H,(H,9,10,11);;1H2/p-1. The Morgan fingerprint density at radius 2 is 1.76 bits per heavy atom. The summed E-state index contributed by atoms with van der Waals surface area (Å²) < 4.78 is 0. The van der Waals surface area contributed by atoms with Crippen LogP contribution in [0.5, 0.6) is 0 Å². The third-order valence-corrected chi connectivity index (χ3v) is 2.95. The molecule has 0 saturated carbocycles. The normalized spacial score (nSPS) is 8.80. The molecule has 1 aromatic heterocycles. The van der Waals surface area contributed by atoms with Crippen molar-refractivity contribution in [3.63, 3.8) is 0 Å². The molecule has 2 amide bonds. The number of hydrogen-bond donors (Lipinski definition) is 3. The van der Waals surface area contributed by atoms with Crippen molar-refractivity contribution in [2.75, 3.05) is 5.32 Å². The van der Waals surface area contributed by atoms with Gasteiger partial charge < -0.3 is 21.5 Å². The van der Waals surface area contributed by atoms with Gasteiger partial charge in [-0.3, -0.25) is 14.4 Å². The van der Waals surface area contributed by atoms with Crippen LogP contribution >= 0.6 is 0 Å². The molecule has 0 saturated heterocycles. The SMILES string of the molecule is NC(=O)c1ccccc1NC=O.O=c1[nH]cnc2ccccc12.[Ar].[OH-]. The van der Waals surface area contributed by atoms with Crippen molar-refractivity contribution < 1.29 is 52.8 Å². The molecule has 132 valence electrons. The fourth-order valence-corrected chi connectivity index (χ4v) is 1.90. The number of amides is 2. The molecule has 3 rings (SSSR count). The number of anilines is 1. The fourth-order valence-electron chi connectivity index (χ4n) is 1.90. The number of nitrogens with one attached hydrogen (secondary N) is 2. The van der Waals surface area contributed by atoms with Gasteiger partial charge in [0.05, 0.1) is 28.5 Å². The smallest absolute Gasteiger partial charge is 0.258 e. The van der Waals surface area contributed by atoms with Crippen LogP contribution in [0.4, 0.5) is 5.69 Å². The van der Waals surface area contributed by atoms with Crippen molar-refractivity contribution in [1.82, 2.24) is 9.97 Å². The number of benzene rings is 2. The zero-order valence-electron chi connectivity index (χ0n) is 12.8. The zero-order valence-corrected chi connectivity index (χ0v) is 13.5. The topological polar surface area (TPSA) is 148 Å². The van der Waals surface area contributed by atoms with E-state index in [1.54, 1.807) is 30.3 Å². The minimum Gasteiger partial charge on any atom is -0.870 e. The Balaban J connectivity index is 0.000000427. The van der Waals surface area contributed by atoms with Gasteiger partial charge >= 0.3 is 0 Å². The van der Waals surface area contributed by atoms with Gasteiger partial charge in [-0.1, -0.05) is 24.3 Å². The molecule has 8 nitrogen and oxygen atoms in total. The molecule has 0 fully saturated rings. The molecule has 0 bridgehead atoms.